The van der Waals surface area contributed by atoms with Crippen molar-refractivity contribution in [1.29, 1.82) is 0 Å². The normalized spacial score (nSPS) is 35.2. The van der Waals surface area contributed by atoms with Crippen molar-refractivity contribution in [2.24, 2.45) is 10.8 Å². The van der Waals surface area contributed by atoms with E-state index in [1.165, 1.54) is 25.7 Å². The van der Waals surface area contributed by atoms with Gasteiger partial charge >= 0.3 is 0 Å². The molecule has 2 bridgehead atoms. The average molecular weight is 281 g/mol. The van der Waals surface area contributed by atoms with Gasteiger partial charge in [-0.25, -0.2) is 0 Å². The van der Waals surface area contributed by atoms with E-state index < -0.39 is 0 Å². The molecule has 20 heavy (non-hydrogen) atoms. The number of rotatable bonds is 8. The lowest BCUT2D eigenvalue weighted by molar-refractivity contribution is -0.225. The number of carbonyl (C=O) groups excluding carboxylic acids is 1. The second kappa shape index (κ2) is 5.30. The highest BCUT2D eigenvalue weighted by Gasteiger charge is 2.71. The first-order chi connectivity index (χ1) is 9.59. The van der Waals surface area contributed by atoms with Gasteiger partial charge in [0.25, 0.3) is 0 Å². The SMILES string of the molecule is O=C(N1CC(O)C1)C12CC(CCCCCCCO)(C1)C2. The van der Waals surface area contributed by atoms with Gasteiger partial charge < -0.3 is 15.1 Å². The van der Waals surface area contributed by atoms with Crippen molar-refractivity contribution in [3.8, 4) is 0 Å². The molecular formula is C16H27NO3. The third kappa shape index (κ3) is 2.37. The van der Waals surface area contributed by atoms with Gasteiger partial charge in [-0.1, -0.05) is 25.7 Å². The van der Waals surface area contributed by atoms with Crippen LogP contribution in [-0.2, 0) is 4.79 Å². The van der Waals surface area contributed by atoms with Gasteiger partial charge in [0.05, 0.1) is 11.5 Å². The van der Waals surface area contributed by atoms with E-state index in [2.05, 4.69) is 0 Å². The van der Waals surface area contributed by atoms with Crippen molar-refractivity contribution in [2.45, 2.75) is 63.9 Å². The second-order valence-corrected chi connectivity index (χ2v) is 7.42. The summed E-state index contributed by atoms with van der Waals surface area (Å²) in [6, 6.07) is 0. The van der Waals surface area contributed by atoms with Crippen molar-refractivity contribution in [1.82, 2.24) is 4.90 Å². The van der Waals surface area contributed by atoms with Crippen LogP contribution in [0.3, 0.4) is 0 Å². The first kappa shape index (κ1) is 14.3. The summed E-state index contributed by atoms with van der Waals surface area (Å²) in [6.45, 7) is 1.43. The maximum absolute atomic E-state index is 12.3. The third-order valence-electron chi connectivity index (χ3n) is 5.61. The van der Waals surface area contributed by atoms with Crippen LogP contribution in [0.25, 0.3) is 0 Å². The molecule has 1 aliphatic heterocycles. The standard InChI is InChI=1S/C16H27NO3/c18-7-5-3-1-2-4-6-15-10-16(11-15,12-15)14(20)17-8-13(19)9-17/h13,18-19H,1-12H2. The first-order valence-electron chi connectivity index (χ1n) is 8.18. The highest BCUT2D eigenvalue weighted by Crippen LogP contribution is 2.75. The van der Waals surface area contributed by atoms with Gasteiger partial charge in [-0.15, -0.1) is 0 Å². The molecule has 3 saturated carbocycles. The van der Waals surface area contributed by atoms with Gasteiger partial charge in [-0.3, -0.25) is 4.79 Å². The van der Waals surface area contributed by atoms with E-state index in [-0.39, 0.29) is 11.5 Å². The Morgan fingerprint density at radius 1 is 1.05 bits per heavy atom. The smallest absolute Gasteiger partial charge is 0.229 e. The molecule has 1 heterocycles. The van der Waals surface area contributed by atoms with Gasteiger partial charge in [0.15, 0.2) is 0 Å². The third-order valence-corrected chi connectivity index (χ3v) is 5.61. The predicted octanol–water partition coefficient (Wildman–Crippen LogP) is 1.69. The molecule has 4 heteroatoms. The van der Waals surface area contributed by atoms with Crippen LogP contribution >= 0.6 is 0 Å². The van der Waals surface area contributed by atoms with Crippen LogP contribution in [0, 0.1) is 10.8 Å². The van der Waals surface area contributed by atoms with Gasteiger partial charge in [-0.05, 0) is 37.5 Å². The molecule has 0 spiro atoms. The van der Waals surface area contributed by atoms with Crippen LogP contribution in [-0.4, -0.2) is 46.8 Å². The molecular weight excluding hydrogens is 254 g/mol. The van der Waals surface area contributed by atoms with Crippen molar-refractivity contribution >= 4 is 5.91 Å². The van der Waals surface area contributed by atoms with Crippen molar-refractivity contribution < 1.29 is 15.0 Å². The number of β-amino-alcohol motifs (C(OH)–C–C–N with tert-alkyl or cyclic N) is 1. The van der Waals surface area contributed by atoms with E-state index in [0.29, 0.717) is 31.0 Å². The second-order valence-electron chi connectivity index (χ2n) is 7.42. The van der Waals surface area contributed by atoms with Crippen molar-refractivity contribution in [2.75, 3.05) is 19.7 Å². The monoisotopic (exact) mass is 281 g/mol. The van der Waals surface area contributed by atoms with Crippen LogP contribution in [0.5, 0.6) is 0 Å². The number of aliphatic hydroxyl groups is 2. The molecule has 4 nitrogen and oxygen atoms in total. The molecule has 0 radical (unpaired) electrons. The van der Waals surface area contributed by atoms with E-state index in [0.717, 1.165) is 32.1 Å². The fourth-order valence-corrected chi connectivity index (χ4v) is 4.59. The van der Waals surface area contributed by atoms with Crippen LogP contribution in [0.4, 0.5) is 0 Å². The molecule has 0 aromatic rings. The maximum Gasteiger partial charge on any atom is 0.229 e. The molecule has 4 fully saturated rings. The van der Waals surface area contributed by atoms with E-state index in [4.69, 9.17) is 5.11 Å². The van der Waals surface area contributed by atoms with Gasteiger partial charge in [0.2, 0.25) is 5.91 Å². The number of amides is 1. The van der Waals surface area contributed by atoms with Gasteiger partial charge in [0, 0.05) is 19.7 Å². The molecule has 0 aromatic heterocycles. The van der Waals surface area contributed by atoms with E-state index in [9.17, 15) is 9.90 Å². The fourth-order valence-electron chi connectivity index (χ4n) is 4.59. The number of hydrogen-bond donors (Lipinski definition) is 2. The summed E-state index contributed by atoms with van der Waals surface area (Å²) in [5.41, 5.74) is 0.479. The number of carbonyl (C=O) groups is 1. The quantitative estimate of drug-likeness (QED) is 0.666. The molecule has 1 amide bonds. The number of unbranched alkanes of at least 4 members (excludes halogenated alkanes) is 4. The largest absolute Gasteiger partial charge is 0.396 e. The fraction of sp³-hybridized carbons (Fsp3) is 0.938. The van der Waals surface area contributed by atoms with Crippen molar-refractivity contribution in [3.63, 3.8) is 0 Å². The molecule has 0 aromatic carbocycles. The zero-order valence-corrected chi connectivity index (χ0v) is 12.3. The Morgan fingerprint density at radius 2 is 1.65 bits per heavy atom. The van der Waals surface area contributed by atoms with E-state index in [1.807, 2.05) is 4.90 Å². The summed E-state index contributed by atoms with van der Waals surface area (Å²) in [6.07, 6.45) is 10.1. The Bertz CT molecular complexity index is 356. The minimum atomic E-state index is -0.279. The summed E-state index contributed by atoms with van der Waals surface area (Å²) in [4.78, 5) is 14.1. The molecule has 2 N–H and O–H groups in total. The highest BCUT2D eigenvalue weighted by atomic mass is 16.3. The maximum atomic E-state index is 12.3. The summed E-state index contributed by atoms with van der Waals surface area (Å²) in [5.74, 6) is 0.313. The first-order valence-corrected chi connectivity index (χ1v) is 8.18. The Balaban J connectivity index is 1.31. The van der Waals surface area contributed by atoms with Crippen LogP contribution < -0.4 is 0 Å². The summed E-state index contributed by atoms with van der Waals surface area (Å²) < 4.78 is 0. The minimum Gasteiger partial charge on any atom is -0.396 e. The minimum absolute atomic E-state index is 0.0168. The van der Waals surface area contributed by atoms with E-state index in [1.54, 1.807) is 0 Å². The lowest BCUT2D eigenvalue weighted by Crippen LogP contribution is -2.70. The van der Waals surface area contributed by atoms with Crippen LogP contribution in [0.15, 0.2) is 0 Å². The van der Waals surface area contributed by atoms with Crippen LogP contribution in [0.1, 0.15) is 57.8 Å². The van der Waals surface area contributed by atoms with Gasteiger partial charge in [0.1, 0.15) is 0 Å². The summed E-state index contributed by atoms with van der Waals surface area (Å²) in [7, 11) is 0. The average Bonchev–Trinajstić information content (AvgIpc) is 2.29. The van der Waals surface area contributed by atoms with Crippen molar-refractivity contribution in [3.05, 3.63) is 0 Å². The molecule has 1 saturated heterocycles. The zero-order valence-electron chi connectivity index (χ0n) is 12.3. The Morgan fingerprint density at radius 3 is 2.25 bits per heavy atom. The molecule has 0 unspecified atom stereocenters. The number of hydrogen-bond acceptors (Lipinski definition) is 3. The topological polar surface area (TPSA) is 60.8 Å². The lowest BCUT2D eigenvalue weighted by atomic mass is 9.33. The summed E-state index contributed by atoms with van der Waals surface area (Å²) >= 11 is 0. The predicted molar refractivity (Wildman–Crippen MR) is 76.1 cm³/mol. The molecule has 114 valence electrons. The number of likely N-dealkylation sites (tertiary alicyclic amines) is 1. The lowest BCUT2D eigenvalue weighted by Gasteiger charge is -2.71. The highest BCUT2D eigenvalue weighted by molar-refractivity contribution is 5.87. The number of nitrogens with zero attached hydrogens (tertiary/aromatic N) is 1. The number of aliphatic hydroxyl groups excluding tert-OH is 2. The molecule has 4 rings (SSSR count). The molecule has 3 aliphatic carbocycles. The Kier molecular flexibility index (Phi) is 3.80. The Labute approximate surface area is 121 Å². The van der Waals surface area contributed by atoms with Crippen LogP contribution in [0.2, 0.25) is 0 Å². The Hall–Kier alpha value is -0.610. The van der Waals surface area contributed by atoms with E-state index >= 15 is 0 Å². The molecule has 4 aliphatic rings. The molecule has 0 atom stereocenters. The summed E-state index contributed by atoms with van der Waals surface area (Å²) in [5, 5.41) is 18.0. The zero-order chi connectivity index (χ0) is 14.2. The van der Waals surface area contributed by atoms with Gasteiger partial charge in [-0.2, -0.15) is 0 Å².